The van der Waals surface area contributed by atoms with E-state index in [0.717, 1.165) is 11.3 Å². The van der Waals surface area contributed by atoms with Gasteiger partial charge in [0.05, 0.1) is 19.5 Å². The molecule has 0 saturated carbocycles. The minimum absolute atomic E-state index is 0.572. The number of ether oxygens (including phenoxy) is 1. The number of aliphatic hydroxyl groups excluding tert-OH is 1. The van der Waals surface area contributed by atoms with Gasteiger partial charge in [-0.25, -0.2) is 0 Å². The van der Waals surface area contributed by atoms with E-state index < -0.39 is 6.10 Å². The van der Waals surface area contributed by atoms with Gasteiger partial charge in [0.2, 0.25) is 0 Å². The molecule has 1 unspecified atom stereocenters. The van der Waals surface area contributed by atoms with Gasteiger partial charge in [-0.3, -0.25) is 9.36 Å². The summed E-state index contributed by atoms with van der Waals surface area (Å²) in [7, 11) is 5.17. The third-order valence-electron chi connectivity index (χ3n) is 3.00. The van der Waals surface area contributed by atoms with Crippen LogP contribution in [-0.2, 0) is 14.1 Å². The van der Waals surface area contributed by atoms with Crippen molar-refractivity contribution in [2.75, 3.05) is 7.11 Å². The van der Waals surface area contributed by atoms with Crippen molar-refractivity contribution in [3.05, 3.63) is 29.3 Å². The molecule has 0 saturated heterocycles. The van der Waals surface area contributed by atoms with Gasteiger partial charge in [-0.2, -0.15) is 10.2 Å². The Hall–Kier alpha value is -1.82. The molecule has 0 aliphatic rings. The Balaban J connectivity index is 2.46. The van der Waals surface area contributed by atoms with E-state index in [1.165, 1.54) is 0 Å². The van der Waals surface area contributed by atoms with E-state index in [4.69, 9.17) is 4.74 Å². The third-order valence-corrected chi connectivity index (χ3v) is 3.00. The predicted molar refractivity (Wildman–Crippen MR) is 61.8 cm³/mol. The van der Waals surface area contributed by atoms with E-state index in [1.54, 1.807) is 35.9 Å². The fraction of sp³-hybridized carbons (Fsp3) is 0.455. The van der Waals surface area contributed by atoms with Gasteiger partial charge < -0.3 is 9.84 Å². The summed E-state index contributed by atoms with van der Waals surface area (Å²) in [5, 5.41) is 18.6. The van der Waals surface area contributed by atoms with E-state index in [2.05, 4.69) is 10.2 Å². The Kier molecular flexibility index (Phi) is 2.89. The highest BCUT2D eigenvalue weighted by atomic mass is 16.5. The molecule has 6 heteroatoms. The van der Waals surface area contributed by atoms with Crippen LogP contribution in [0.2, 0.25) is 0 Å². The molecule has 1 N–H and O–H groups in total. The van der Waals surface area contributed by atoms with Crippen molar-refractivity contribution in [1.29, 1.82) is 0 Å². The molecule has 0 aliphatic heterocycles. The predicted octanol–water partition coefficient (Wildman–Crippen LogP) is 0.552. The van der Waals surface area contributed by atoms with E-state index >= 15 is 0 Å². The number of hydrogen-bond acceptors (Lipinski definition) is 4. The fourth-order valence-corrected chi connectivity index (χ4v) is 1.83. The summed E-state index contributed by atoms with van der Waals surface area (Å²) in [4.78, 5) is 0. The van der Waals surface area contributed by atoms with Crippen LogP contribution in [0.1, 0.15) is 23.1 Å². The fourth-order valence-electron chi connectivity index (χ4n) is 1.83. The zero-order chi connectivity index (χ0) is 12.6. The quantitative estimate of drug-likeness (QED) is 0.845. The second kappa shape index (κ2) is 4.21. The number of rotatable bonds is 3. The molecule has 2 aromatic rings. The normalized spacial score (nSPS) is 12.8. The second-order valence-corrected chi connectivity index (χ2v) is 3.93. The SMILES string of the molecule is COc1cnn(C)c1C(O)c1cnn(C)c1C. The highest BCUT2D eigenvalue weighted by molar-refractivity contribution is 5.35. The maximum atomic E-state index is 10.4. The molecule has 0 fully saturated rings. The van der Waals surface area contributed by atoms with Crippen molar-refractivity contribution in [3.63, 3.8) is 0 Å². The molecule has 0 aliphatic carbocycles. The summed E-state index contributed by atoms with van der Waals surface area (Å²) in [5.74, 6) is 0.572. The molecule has 0 spiro atoms. The zero-order valence-electron chi connectivity index (χ0n) is 10.4. The number of nitrogens with zero attached hydrogens (tertiary/aromatic N) is 4. The Morgan fingerprint density at radius 2 is 1.88 bits per heavy atom. The van der Waals surface area contributed by atoms with Crippen molar-refractivity contribution in [3.8, 4) is 5.75 Å². The first-order valence-corrected chi connectivity index (χ1v) is 5.28. The molecule has 0 bridgehead atoms. The molecule has 1 atom stereocenters. The van der Waals surface area contributed by atoms with Crippen molar-refractivity contribution in [2.24, 2.45) is 14.1 Å². The minimum Gasteiger partial charge on any atom is -0.493 e. The topological polar surface area (TPSA) is 65.1 Å². The van der Waals surface area contributed by atoms with Gasteiger partial charge >= 0.3 is 0 Å². The zero-order valence-corrected chi connectivity index (χ0v) is 10.4. The Bertz CT molecular complexity index is 530. The van der Waals surface area contributed by atoms with Crippen LogP contribution in [0.4, 0.5) is 0 Å². The third kappa shape index (κ3) is 1.80. The van der Waals surface area contributed by atoms with Crippen molar-refractivity contribution < 1.29 is 9.84 Å². The lowest BCUT2D eigenvalue weighted by atomic mass is 10.1. The molecule has 0 aromatic carbocycles. The summed E-state index contributed by atoms with van der Waals surface area (Å²) in [6.07, 6.45) is 2.46. The Morgan fingerprint density at radius 1 is 1.24 bits per heavy atom. The first-order valence-electron chi connectivity index (χ1n) is 5.28. The number of aryl methyl sites for hydroxylation is 2. The van der Waals surface area contributed by atoms with Gasteiger partial charge in [0.15, 0.2) is 5.75 Å². The highest BCUT2D eigenvalue weighted by Crippen LogP contribution is 2.30. The lowest BCUT2D eigenvalue weighted by molar-refractivity contribution is 0.203. The Morgan fingerprint density at radius 3 is 2.41 bits per heavy atom. The van der Waals surface area contributed by atoms with Crippen LogP contribution in [0.15, 0.2) is 12.4 Å². The van der Waals surface area contributed by atoms with Gasteiger partial charge in [0, 0.05) is 25.4 Å². The van der Waals surface area contributed by atoms with Crippen LogP contribution in [-0.4, -0.2) is 31.8 Å². The van der Waals surface area contributed by atoms with Crippen LogP contribution < -0.4 is 4.74 Å². The largest absolute Gasteiger partial charge is 0.493 e. The highest BCUT2D eigenvalue weighted by Gasteiger charge is 2.23. The number of methoxy groups -OCH3 is 1. The summed E-state index contributed by atoms with van der Waals surface area (Å²) < 4.78 is 8.52. The van der Waals surface area contributed by atoms with Crippen molar-refractivity contribution in [2.45, 2.75) is 13.0 Å². The second-order valence-electron chi connectivity index (χ2n) is 3.93. The van der Waals surface area contributed by atoms with Gasteiger partial charge in [0.25, 0.3) is 0 Å². The number of aliphatic hydroxyl groups is 1. The van der Waals surface area contributed by atoms with Gasteiger partial charge in [-0.1, -0.05) is 0 Å². The molecule has 92 valence electrons. The van der Waals surface area contributed by atoms with Crippen LogP contribution in [0.25, 0.3) is 0 Å². The van der Waals surface area contributed by atoms with Gasteiger partial charge in [-0.15, -0.1) is 0 Å². The maximum Gasteiger partial charge on any atom is 0.162 e. The lowest BCUT2D eigenvalue weighted by Crippen LogP contribution is -2.09. The summed E-state index contributed by atoms with van der Waals surface area (Å²) in [5.41, 5.74) is 2.30. The van der Waals surface area contributed by atoms with Crippen LogP contribution in [0, 0.1) is 6.92 Å². The molecule has 17 heavy (non-hydrogen) atoms. The average Bonchev–Trinajstić information content (AvgIpc) is 2.83. The van der Waals surface area contributed by atoms with Crippen LogP contribution in [0.3, 0.4) is 0 Å². The summed E-state index contributed by atoms with van der Waals surface area (Å²) in [6.45, 7) is 1.91. The lowest BCUT2D eigenvalue weighted by Gasteiger charge is -2.12. The molecule has 2 rings (SSSR count). The summed E-state index contributed by atoms with van der Waals surface area (Å²) in [6, 6.07) is 0. The van der Waals surface area contributed by atoms with Crippen LogP contribution in [0.5, 0.6) is 5.75 Å². The standard InChI is InChI=1S/C11H16N4O2/c1-7-8(5-12-14(7)2)11(16)10-9(17-4)6-13-15(10)3/h5-6,11,16H,1-4H3. The van der Waals surface area contributed by atoms with Gasteiger partial charge in [-0.05, 0) is 6.92 Å². The number of aromatic nitrogens is 4. The molecule has 0 amide bonds. The van der Waals surface area contributed by atoms with Crippen molar-refractivity contribution in [1.82, 2.24) is 19.6 Å². The first-order chi connectivity index (χ1) is 8.06. The molecular weight excluding hydrogens is 220 g/mol. The first kappa shape index (κ1) is 11.7. The van der Waals surface area contributed by atoms with Gasteiger partial charge in [0.1, 0.15) is 11.8 Å². The van der Waals surface area contributed by atoms with E-state index in [-0.39, 0.29) is 0 Å². The molecule has 0 radical (unpaired) electrons. The molecular formula is C11H16N4O2. The summed E-state index contributed by atoms with van der Waals surface area (Å²) >= 11 is 0. The molecule has 2 aromatic heterocycles. The van der Waals surface area contributed by atoms with Crippen molar-refractivity contribution >= 4 is 0 Å². The smallest absolute Gasteiger partial charge is 0.162 e. The minimum atomic E-state index is -0.786. The molecule has 2 heterocycles. The average molecular weight is 236 g/mol. The van der Waals surface area contributed by atoms with E-state index in [0.29, 0.717) is 11.4 Å². The maximum absolute atomic E-state index is 10.4. The van der Waals surface area contributed by atoms with E-state index in [9.17, 15) is 5.11 Å². The number of hydrogen-bond donors (Lipinski definition) is 1. The monoisotopic (exact) mass is 236 g/mol. The Labute approximate surface area is 99.4 Å². The molecule has 6 nitrogen and oxygen atoms in total. The van der Waals surface area contributed by atoms with E-state index in [1.807, 2.05) is 14.0 Å². The van der Waals surface area contributed by atoms with Crippen LogP contribution >= 0.6 is 0 Å².